The number of rotatable bonds is 12. The number of hydrogen-bond acceptors (Lipinski definition) is 4. The third-order valence-corrected chi connectivity index (χ3v) is 8.91. The fraction of sp³-hybridized carbons (Fsp3) is 0.235. The second-order valence-corrected chi connectivity index (χ2v) is 12.2. The van der Waals surface area contributed by atoms with Crippen LogP contribution in [0.5, 0.6) is 0 Å². The molecule has 9 heteroatoms. The van der Waals surface area contributed by atoms with E-state index in [9.17, 15) is 22.4 Å². The van der Waals surface area contributed by atoms with Gasteiger partial charge in [-0.05, 0) is 73.4 Å². The van der Waals surface area contributed by atoms with Crippen molar-refractivity contribution in [1.29, 1.82) is 0 Å². The first-order chi connectivity index (χ1) is 20.6. The first-order valence-corrected chi connectivity index (χ1v) is 15.5. The van der Waals surface area contributed by atoms with Crippen molar-refractivity contribution in [2.75, 3.05) is 17.4 Å². The van der Waals surface area contributed by atoms with Gasteiger partial charge < -0.3 is 10.2 Å². The number of hydrogen-bond donors (Lipinski definition) is 1. The molecule has 2 amide bonds. The number of carbonyl (C=O) groups is 2. The van der Waals surface area contributed by atoms with E-state index in [4.69, 9.17) is 0 Å². The molecule has 0 heterocycles. The highest BCUT2D eigenvalue weighted by Crippen LogP contribution is 2.28. The van der Waals surface area contributed by atoms with Crippen LogP contribution >= 0.6 is 0 Å². The van der Waals surface area contributed by atoms with Crippen LogP contribution in [0.2, 0.25) is 0 Å². The lowest BCUT2D eigenvalue weighted by Gasteiger charge is -2.34. The van der Waals surface area contributed by atoms with E-state index in [1.54, 1.807) is 50.2 Å². The second kappa shape index (κ2) is 14.1. The van der Waals surface area contributed by atoms with E-state index in [1.165, 1.54) is 29.2 Å². The summed E-state index contributed by atoms with van der Waals surface area (Å²) in [6, 6.07) is 27.4. The molecule has 0 fully saturated rings. The van der Waals surface area contributed by atoms with Crippen LogP contribution in [-0.2, 0) is 32.6 Å². The van der Waals surface area contributed by atoms with Crippen LogP contribution in [0.25, 0.3) is 0 Å². The first-order valence-electron chi connectivity index (χ1n) is 14.1. The molecule has 0 bridgehead atoms. The molecule has 0 aliphatic heterocycles. The summed E-state index contributed by atoms with van der Waals surface area (Å²) in [5, 5.41) is 2.83. The van der Waals surface area contributed by atoms with Crippen LogP contribution in [0.3, 0.4) is 0 Å². The Balaban J connectivity index is 1.81. The predicted octanol–water partition coefficient (Wildman–Crippen LogP) is 5.41. The first kappa shape index (κ1) is 31.4. The van der Waals surface area contributed by atoms with Gasteiger partial charge in [0.15, 0.2) is 0 Å². The minimum absolute atomic E-state index is 0.0280. The normalized spacial score (nSPS) is 11.9. The molecule has 0 aliphatic carbocycles. The smallest absolute Gasteiger partial charge is 0.264 e. The number of benzene rings is 4. The van der Waals surface area contributed by atoms with Crippen molar-refractivity contribution in [3.63, 3.8) is 0 Å². The maximum Gasteiger partial charge on any atom is 0.264 e. The summed E-state index contributed by atoms with van der Waals surface area (Å²) in [5.41, 5.74) is 3.30. The standard InChI is InChI=1S/C34H36FN3O4S/c1-4-36-34(40)32(22-27-11-7-5-8-12-27)37(23-28-17-19-29(35)20-18-28)33(39)24-38(31-21-25(2)15-16-26(31)3)43(41,42)30-13-9-6-10-14-30/h5-21,32H,4,22-24H2,1-3H3,(H,36,40)/t32-/m0/s1. The number of nitrogens with one attached hydrogen (secondary N) is 1. The summed E-state index contributed by atoms with van der Waals surface area (Å²) in [5.74, 6) is -1.37. The molecule has 7 nitrogen and oxygen atoms in total. The van der Waals surface area contributed by atoms with Gasteiger partial charge in [-0.15, -0.1) is 0 Å². The van der Waals surface area contributed by atoms with Gasteiger partial charge in [-0.25, -0.2) is 12.8 Å². The zero-order valence-electron chi connectivity index (χ0n) is 24.5. The number of sulfonamides is 1. The van der Waals surface area contributed by atoms with Crippen LogP contribution in [0.1, 0.15) is 29.2 Å². The SMILES string of the molecule is CCNC(=O)[C@H](Cc1ccccc1)N(Cc1ccc(F)cc1)C(=O)CN(c1cc(C)ccc1C)S(=O)(=O)c1ccccc1. The Hall–Kier alpha value is -4.50. The molecule has 0 unspecified atom stereocenters. The molecule has 0 aliphatic rings. The lowest BCUT2D eigenvalue weighted by atomic mass is 10.0. The van der Waals surface area contributed by atoms with Gasteiger partial charge in [0.05, 0.1) is 10.6 Å². The van der Waals surface area contributed by atoms with Gasteiger partial charge in [0.25, 0.3) is 10.0 Å². The van der Waals surface area contributed by atoms with Gasteiger partial charge in [-0.3, -0.25) is 13.9 Å². The Morgan fingerprint density at radius 1 is 0.837 bits per heavy atom. The van der Waals surface area contributed by atoms with Crippen LogP contribution in [0, 0.1) is 19.7 Å². The summed E-state index contributed by atoms with van der Waals surface area (Å²) >= 11 is 0. The Morgan fingerprint density at radius 2 is 1.47 bits per heavy atom. The van der Waals surface area contributed by atoms with Gasteiger partial charge in [0.2, 0.25) is 11.8 Å². The highest BCUT2D eigenvalue weighted by Gasteiger charge is 2.35. The Morgan fingerprint density at radius 3 is 2.09 bits per heavy atom. The molecule has 4 aromatic carbocycles. The molecule has 4 aromatic rings. The summed E-state index contributed by atoms with van der Waals surface area (Å²) in [7, 11) is -4.18. The average molecular weight is 602 g/mol. The van der Waals surface area contributed by atoms with E-state index in [-0.39, 0.29) is 23.8 Å². The molecule has 1 N–H and O–H groups in total. The topological polar surface area (TPSA) is 86.8 Å². The number of likely N-dealkylation sites (N-methyl/N-ethyl adjacent to an activating group) is 1. The minimum atomic E-state index is -4.18. The molecule has 0 aromatic heterocycles. The van der Waals surface area contributed by atoms with Gasteiger partial charge in [0, 0.05) is 19.5 Å². The molecular formula is C34H36FN3O4S. The molecule has 4 rings (SSSR count). The third-order valence-electron chi connectivity index (χ3n) is 7.13. The number of nitrogens with zero attached hydrogens (tertiary/aromatic N) is 2. The monoisotopic (exact) mass is 601 g/mol. The van der Waals surface area contributed by atoms with Crippen LogP contribution in [0.15, 0.2) is 108 Å². The zero-order valence-corrected chi connectivity index (χ0v) is 25.4. The summed E-state index contributed by atoms with van der Waals surface area (Å²) in [6.45, 7) is 5.20. The molecule has 43 heavy (non-hydrogen) atoms. The zero-order chi connectivity index (χ0) is 31.0. The number of amides is 2. The quantitative estimate of drug-likeness (QED) is 0.235. The highest BCUT2D eigenvalue weighted by atomic mass is 32.2. The fourth-order valence-corrected chi connectivity index (χ4v) is 6.35. The largest absolute Gasteiger partial charge is 0.355 e. The van der Waals surface area contributed by atoms with E-state index in [0.717, 1.165) is 15.4 Å². The summed E-state index contributed by atoms with van der Waals surface area (Å²) in [4.78, 5) is 29.3. The highest BCUT2D eigenvalue weighted by molar-refractivity contribution is 7.92. The molecule has 0 saturated heterocycles. The molecule has 224 valence electrons. The van der Waals surface area contributed by atoms with E-state index in [1.807, 2.05) is 49.4 Å². The number of anilines is 1. The van der Waals surface area contributed by atoms with Gasteiger partial charge >= 0.3 is 0 Å². The number of aryl methyl sites for hydroxylation is 2. The lowest BCUT2D eigenvalue weighted by Crippen LogP contribution is -2.53. The number of halogens is 1. The van der Waals surface area contributed by atoms with E-state index < -0.39 is 34.3 Å². The van der Waals surface area contributed by atoms with E-state index in [0.29, 0.717) is 23.4 Å². The number of carbonyl (C=O) groups excluding carboxylic acids is 2. The van der Waals surface area contributed by atoms with Crippen molar-refractivity contribution in [2.24, 2.45) is 0 Å². The maximum absolute atomic E-state index is 14.4. The van der Waals surface area contributed by atoms with Crippen molar-refractivity contribution in [2.45, 2.75) is 44.7 Å². The Kier molecular flexibility index (Phi) is 10.3. The van der Waals surface area contributed by atoms with Crippen LogP contribution in [0.4, 0.5) is 10.1 Å². The molecule has 0 radical (unpaired) electrons. The van der Waals surface area contributed by atoms with Crippen molar-refractivity contribution in [3.05, 3.63) is 131 Å². The van der Waals surface area contributed by atoms with Crippen molar-refractivity contribution in [3.8, 4) is 0 Å². The van der Waals surface area contributed by atoms with Crippen LogP contribution < -0.4 is 9.62 Å². The van der Waals surface area contributed by atoms with E-state index in [2.05, 4.69) is 5.32 Å². The Labute approximate surface area is 253 Å². The van der Waals surface area contributed by atoms with Crippen LogP contribution in [-0.4, -0.2) is 44.3 Å². The molecule has 0 saturated carbocycles. The fourth-order valence-electron chi connectivity index (χ4n) is 4.85. The van der Waals surface area contributed by atoms with Gasteiger partial charge in [-0.2, -0.15) is 0 Å². The van der Waals surface area contributed by atoms with Gasteiger partial charge in [-0.1, -0.05) is 72.8 Å². The van der Waals surface area contributed by atoms with Crippen molar-refractivity contribution < 1.29 is 22.4 Å². The molecule has 1 atom stereocenters. The second-order valence-electron chi connectivity index (χ2n) is 10.4. The Bertz CT molecular complexity index is 1650. The summed E-state index contributed by atoms with van der Waals surface area (Å²) in [6.07, 6.45) is 0.203. The maximum atomic E-state index is 14.4. The van der Waals surface area contributed by atoms with Crippen molar-refractivity contribution in [1.82, 2.24) is 10.2 Å². The average Bonchev–Trinajstić information content (AvgIpc) is 3.01. The van der Waals surface area contributed by atoms with Crippen molar-refractivity contribution >= 4 is 27.5 Å². The summed E-state index contributed by atoms with van der Waals surface area (Å²) < 4.78 is 43.0. The molecular weight excluding hydrogens is 565 g/mol. The van der Waals surface area contributed by atoms with E-state index >= 15 is 0 Å². The predicted molar refractivity (Wildman–Crippen MR) is 166 cm³/mol. The third kappa shape index (κ3) is 7.87. The molecule has 0 spiro atoms. The lowest BCUT2D eigenvalue weighted by molar-refractivity contribution is -0.140. The minimum Gasteiger partial charge on any atom is -0.355 e. The van der Waals surface area contributed by atoms with Gasteiger partial charge in [0.1, 0.15) is 18.4 Å².